The Balaban J connectivity index is 0.000000186. The SMILES string of the molecule is CC1(C)OB(c2cnn(C3CN(CC(F)(F)F)C3)c2)OC1(C)C.CC1(C)OB(c2cnn(C3CNC3)c2)OC1(C)C.CCOS(=O)(=O)C(F)(F)F. The third-order valence-corrected chi connectivity index (χ3v) is 10.8. The molecule has 2 aromatic rings. The maximum atomic E-state index is 12.3. The smallest absolute Gasteiger partial charge is 0.399 e. The van der Waals surface area contributed by atoms with Crippen molar-refractivity contribution in [1.82, 2.24) is 29.8 Å². The molecule has 51 heavy (non-hydrogen) atoms. The average molecular weight is 758 g/mol. The number of aromatic nitrogens is 4. The van der Waals surface area contributed by atoms with E-state index in [0.29, 0.717) is 19.1 Å². The number of halogens is 6. The van der Waals surface area contributed by atoms with E-state index in [2.05, 4.69) is 47.4 Å². The first-order valence-corrected chi connectivity index (χ1v) is 17.8. The number of nitrogens with zero attached hydrogens (tertiary/aromatic N) is 5. The van der Waals surface area contributed by atoms with E-state index in [4.69, 9.17) is 18.6 Å². The molecule has 6 rings (SSSR count). The lowest BCUT2D eigenvalue weighted by atomic mass is 9.82. The molecular formula is C29H46B2F6N6O7S. The van der Waals surface area contributed by atoms with Crippen molar-refractivity contribution in [3.05, 3.63) is 24.8 Å². The van der Waals surface area contributed by atoms with Gasteiger partial charge in [0.1, 0.15) is 0 Å². The van der Waals surface area contributed by atoms with Gasteiger partial charge in [-0.25, -0.2) is 0 Å². The predicted octanol–water partition coefficient (Wildman–Crippen LogP) is 2.80. The molecule has 4 aliphatic heterocycles. The summed E-state index contributed by atoms with van der Waals surface area (Å²) in [6.45, 7) is 18.6. The van der Waals surface area contributed by atoms with Crippen LogP contribution in [0.2, 0.25) is 0 Å². The van der Waals surface area contributed by atoms with Gasteiger partial charge >= 0.3 is 36.0 Å². The van der Waals surface area contributed by atoms with Crippen molar-refractivity contribution in [2.45, 2.75) is 108 Å². The van der Waals surface area contributed by atoms with Crippen LogP contribution in [0.5, 0.6) is 0 Å². The van der Waals surface area contributed by atoms with Crippen LogP contribution in [0.3, 0.4) is 0 Å². The van der Waals surface area contributed by atoms with Crippen molar-refractivity contribution in [2.24, 2.45) is 0 Å². The number of hydrogen-bond acceptors (Lipinski definition) is 11. The third-order valence-electron chi connectivity index (χ3n) is 9.70. The van der Waals surface area contributed by atoms with Crippen molar-refractivity contribution < 1.29 is 57.6 Å². The molecule has 0 bridgehead atoms. The lowest BCUT2D eigenvalue weighted by Gasteiger charge is -2.39. The van der Waals surface area contributed by atoms with E-state index in [1.807, 2.05) is 44.8 Å². The van der Waals surface area contributed by atoms with Crippen molar-refractivity contribution in [3.63, 3.8) is 0 Å². The molecule has 1 N–H and O–H groups in total. The van der Waals surface area contributed by atoms with Crippen LogP contribution >= 0.6 is 0 Å². The molecule has 4 fully saturated rings. The summed E-state index contributed by atoms with van der Waals surface area (Å²) in [5.74, 6) is 0. The Bertz CT molecular complexity index is 1560. The summed E-state index contributed by atoms with van der Waals surface area (Å²) in [5.41, 5.74) is -4.96. The first kappa shape index (κ1) is 41.6. The van der Waals surface area contributed by atoms with Gasteiger partial charge in [0.15, 0.2) is 0 Å². The minimum atomic E-state index is -5.35. The Morgan fingerprint density at radius 2 is 1.18 bits per heavy atom. The van der Waals surface area contributed by atoms with Crippen LogP contribution in [0.4, 0.5) is 26.3 Å². The molecule has 0 saturated carbocycles. The standard InChI is InChI=1S/C14H21BF3N3O2.C12H20BN3O2.C3H5F3O3S/c1-12(2)13(3,4)23-15(22-12)10-5-19-21(6-10)11-7-20(8-11)9-14(16,17)18;1-11(2)12(3,4)18-13(17-11)9-5-15-16(8-9)10-6-14-7-10;1-2-9-10(7,8)3(4,5)6/h5-6,11H,7-9H2,1-4H3;5,8,10,14H,6-7H2,1-4H3;2H2,1H3. The molecule has 2 aromatic heterocycles. The first-order chi connectivity index (χ1) is 23.2. The van der Waals surface area contributed by atoms with Crippen molar-refractivity contribution in [2.75, 3.05) is 39.3 Å². The van der Waals surface area contributed by atoms with Gasteiger partial charge in [-0.15, -0.1) is 0 Å². The zero-order valence-electron chi connectivity index (χ0n) is 30.1. The topological polar surface area (TPSA) is 131 Å². The number of nitrogens with one attached hydrogen (secondary N) is 1. The van der Waals surface area contributed by atoms with E-state index >= 15 is 0 Å². The summed E-state index contributed by atoms with van der Waals surface area (Å²) in [4.78, 5) is 1.36. The molecule has 0 aliphatic carbocycles. The van der Waals surface area contributed by atoms with E-state index in [0.717, 1.165) is 30.9 Å². The second kappa shape index (κ2) is 14.6. The number of alkyl halides is 6. The lowest BCUT2D eigenvalue weighted by Crippen LogP contribution is -2.51. The Morgan fingerprint density at radius 1 is 0.784 bits per heavy atom. The maximum absolute atomic E-state index is 12.3. The molecule has 288 valence electrons. The van der Waals surface area contributed by atoms with Crippen LogP contribution in [0.25, 0.3) is 0 Å². The molecular weight excluding hydrogens is 712 g/mol. The van der Waals surface area contributed by atoms with Crippen LogP contribution in [0, 0.1) is 0 Å². The molecule has 0 unspecified atom stereocenters. The highest BCUT2D eigenvalue weighted by Gasteiger charge is 2.53. The normalized spacial score (nSPS) is 23.2. The van der Waals surface area contributed by atoms with Gasteiger partial charge in [0.2, 0.25) is 0 Å². The highest BCUT2D eigenvalue weighted by molar-refractivity contribution is 7.87. The van der Waals surface area contributed by atoms with Gasteiger partial charge in [0.25, 0.3) is 0 Å². The summed E-state index contributed by atoms with van der Waals surface area (Å²) in [6.07, 6.45) is 3.20. The molecule has 22 heteroatoms. The molecule has 0 atom stereocenters. The fraction of sp³-hybridized carbons (Fsp3) is 0.793. The van der Waals surface area contributed by atoms with Gasteiger partial charge in [0.05, 0.1) is 47.6 Å². The lowest BCUT2D eigenvalue weighted by molar-refractivity contribution is -0.157. The minimum absolute atomic E-state index is 0.0338. The van der Waals surface area contributed by atoms with Gasteiger partial charge in [-0.3, -0.25) is 18.4 Å². The molecule has 13 nitrogen and oxygen atoms in total. The van der Waals surface area contributed by atoms with Gasteiger partial charge in [-0.1, -0.05) is 0 Å². The number of rotatable bonds is 7. The summed E-state index contributed by atoms with van der Waals surface area (Å²) in [5, 5.41) is 11.9. The van der Waals surface area contributed by atoms with E-state index in [-0.39, 0.29) is 24.4 Å². The van der Waals surface area contributed by atoms with E-state index in [1.54, 1.807) is 17.1 Å². The van der Waals surface area contributed by atoms with Crippen molar-refractivity contribution >= 4 is 35.3 Å². The summed E-state index contributed by atoms with van der Waals surface area (Å²) in [6, 6.07) is 0.440. The molecule has 4 aliphatic rings. The van der Waals surface area contributed by atoms with Gasteiger partial charge < -0.3 is 23.9 Å². The third kappa shape index (κ3) is 9.68. The Kier molecular flexibility index (Phi) is 11.9. The first-order valence-electron chi connectivity index (χ1n) is 16.4. The van der Waals surface area contributed by atoms with Crippen LogP contribution in [0.15, 0.2) is 24.8 Å². The van der Waals surface area contributed by atoms with Crippen LogP contribution in [0.1, 0.15) is 74.4 Å². The molecule has 6 heterocycles. The number of hydrogen-bond donors (Lipinski definition) is 1. The van der Waals surface area contributed by atoms with Gasteiger partial charge in [-0.2, -0.15) is 45.0 Å². The summed E-state index contributed by atoms with van der Waals surface area (Å²) < 4.78 is 122. The Morgan fingerprint density at radius 3 is 1.47 bits per heavy atom. The van der Waals surface area contributed by atoms with Gasteiger partial charge in [-0.05, 0) is 62.3 Å². The maximum Gasteiger partial charge on any atom is 0.523 e. The van der Waals surface area contributed by atoms with Crippen LogP contribution in [-0.4, -0.2) is 121 Å². The largest absolute Gasteiger partial charge is 0.523 e. The zero-order valence-corrected chi connectivity index (χ0v) is 30.9. The summed E-state index contributed by atoms with van der Waals surface area (Å²) >= 11 is 0. The van der Waals surface area contributed by atoms with Gasteiger partial charge in [0, 0.05) is 61.9 Å². The highest BCUT2D eigenvalue weighted by Crippen LogP contribution is 2.37. The second-order valence-electron chi connectivity index (χ2n) is 14.8. The fourth-order valence-corrected chi connectivity index (χ4v) is 5.53. The molecule has 0 spiro atoms. The molecule has 0 radical (unpaired) electrons. The number of likely N-dealkylation sites (tertiary alicyclic amines) is 1. The monoisotopic (exact) mass is 758 g/mol. The average Bonchev–Trinajstić information content (AvgIpc) is 3.66. The fourth-order valence-electron chi connectivity index (χ4n) is 5.08. The molecule has 0 aromatic carbocycles. The van der Waals surface area contributed by atoms with Crippen LogP contribution < -0.4 is 16.2 Å². The van der Waals surface area contributed by atoms with E-state index in [1.165, 1.54) is 4.90 Å². The van der Waals surface area contributed by atoms with Crippen molar-refractivity contribution in [3.8, 4) is 0 Å². The van der Waals surface area contributed by atoms with Crippen LogP contribution in [-0.2, 0) is 32.9 Å². The Hall–Kier alpha value is -2.20. The molecule has 4 saturated heterocycles. The second-order valence-corrected chi connectivity index (χ2v) is 16.4. The predicted molar refractivity (Wildman–Crippen MR) is 176 cm³/mol. The zero-order chi connectivity index (χ0) is 38.4. The van der Waals surface area contributed by atoms with E-state index in [9.17, 15) is 34.8 Å². The summed E-state index contributed by atoms with van der Waals surface area (Å²) in [7, 11) is -6.16. The molecule has 0 amide bonds. The van der Waals surface area contributed by atoms with Crippen molar-refractivity contribution in [1.29, 1.82) is 0 Å². The quantitative estimate of drug-likeness (QED) is 0.194. The minimum Gasteiger partial charge on any atom is -0.399 e. The van der Waals surface area contributed by atoms with E-state index < -0.39 is 53.3 Å². The highest BCUT2D eigenvalue weighted by atomic mass is 32.2. The Labute approximate surface area is 295 Å².